The molecule has 0 unspecified atom stereocenters. The van der Waals surface area contributed by atoms with Gasteiger partial charge < -0.3 is 9.64 Å². The van der Waals surface area contributed by atoms with Crippen LogP contribution in [0.5, 0.6) is 5.75 Å². The molecule has 0 aliphatic rings. The number of rotatable bonds is 6. The van der Waals surface area contributed by atoms with Crippen molar-refractivity contribution >= 4 is 29.2 Å². The van der Waals surface area contributed by atoms with Crippen molar-refractivity contribution < 1.29 is 4.74 Å². The molecule has 0 fully saturated rings. The molecule has 2 nitrogen and oxygen atoms in total. The van der Waals surface area contributed by atoms with Crippen molar-refractivity contribution in [2.45, 2.75) is 0 Å². The molecular weight excluding hydrogens is 354 g/mol. The maximum Gasteiger partial charge on any atom is 0.118 e. The van der Waals surface area contributed by atoms with Crippen LogP contribution in [-0.4, -0.2) is 7.11 Å². The number of nitrogens with zero attached hydrogens (tertiary/aromatic N) is 1. The molecule has 0 amide bonds. The molecule has 0 atom stereocenters. The molecule has 4 rings (SSSR count). The van der Waals surface area contributed by atoms with E-state index in [1.807, 2.05) is 24.3 Å². The van der Waals surface area contributed by atoms with E-state index in [2.05, 4.69) is 102 Å². The van der Waals surface area contributed by atoms with Crippen molar-refractivity contribution in [3.63, 3.8) is 0 Å². The maximum atomic E-state index is 5.21. The summed E-state index contributed by atoms with van der Waals surface area (Å²) in [5.41, 5.74) is 5.71. The second-order valence-corrected chi connectivity index (χ2v) is 6.70. The summed E-state index contributed by atoms with van der Waals surface area (Å²) in [6, 6.07) is 37.5. The van der Waals surface area contributed by atoms with Gasteiger partial charge in [0, 0.05) is 17.1 Å². The lowest BCUT2D eigenvalue weighted by Crippen LogP contribution is -2.09. The van der Waals surface area contributed by atoms with E-state index in [9.17, 15) is 0 Å². The molecule has 0 heterocycles. The summed E-state index contributed by atoms with van der Waals surface area (Å²) in [5, 5.41) is 0. The third-order valence-corrected chi connectivity index (χ3v) is 4.76. The third-order valence-electron chi connectivity index (χ3n) is 4.76. The lowest BCUT2D eigenvalue weighted by Gasteiger charge is -2.25. The van der Waals surface area contributed by atoms with Gasteiger partial charge in [-0.2, -0.15) is 0 Å². The first-order valence-electron chi connectivity index (χ1n) is 9.66. The summed E-state index contributed by atoms with van der Waals surface area (Å²) >= 11 is 0. The van der Waals surface area contributed by atoms with E-state index in [1.165, 1.54) is 0 Å². The van der Waals surface area contributed by atoms with Gasteiger partial charge in [-0.25, -0.2) is 0 Å². The second kappa shape index (κ2) is 8.94. The number of benzene rings is 4. The van der Waals surface area contributed by atoms with Gasteiger partial charge in [-0.05, 0) is 59.7 Å². The van der Waals surface area contributed by atoms with E-state index < -0.39 is 0 Å². The number of hydrogen-bond acceptors (Lipinski definition) is 2. The Balaban J connectivity index is 1.59. The van der Waals surface area contributed by atoms with Crippen LogP contribution in [0, 0.1) is 0 Å². The molecule has 4 aromatic rings. The Hall–Kier alpha value is -3.78. The van der Waals surface area contributed by atoms with Crippen LogP contribution < -0.4 is 9.64 Å². The minimum atomic E-state index is 0.869. The van der Waals surface area contributed by atoms with Gasteiger partial charge in [0.2, 0.25) is 0 Å². The fourth-order valence-corrected chi connectivity index (χ4v) is 3.24. The van der Waals surface area contributed by atoms with E-state index in [1.54, 1.807) is 7.11 Å². The summed E-state index contributed by atoms with van der Waals surface area (Å²) in [5.74, 6) is 0.869. The number of para-hydroxylation sites is 2. The van der Waals surface area contributed by atoms with Gasteiger partial charge in [0.05, 0.1) is 7.11 Å². The minimum absolute atomic E-state index is 0.869. The Bertz CT molecular complexity index is 1010. The Labute approximate surface area is 172 Å². The Morgan fingerprint density at radius 1 is 0.517 bits per heavy atom. The zero-order chi connectivity index (χ0) is 19.9. The zero-order valence-corrected chi connectivity index (χ0v) is 16.4. The molecule has 142 valence electrons. The van der Waals surface area contributed by atoms with E-state index in [4.69, 9.17) is 4.74 Å². The molecule has 0 spiro atoms. The zero-order valence-electron chi connectivity index (χ0n) is 16.4. The summed E-state index contributed by atoms with van der Waals surface area (Å²) in [7, 11) is 1.68. The van der Waals surface area contributed by atoms with Crippen LogP contribution in [0.25, 0.3) is 12.2 Å². The number of hydrogen-bond donors (Lipinski definition) is 0. The Kier molecular flexibility index (Phi) is 5.73. The number of anilines is 3. The molecule has 0 radical (unpaired) electrons. The first-order valence-corrected chi connectivity index (χ1v) is 9.66. The highest BCUT2D eigenvalue weighted by molar-refractivity contribution is 5.78. The largest absolute Gasteiger partial charge is 0.497 e. The minimum Gasteiger partial charge on any atom is -0.497 e. The number of methoxy groups -OCH3 is 1. The lowest BCUT2D eigenvalue weighted by molar-refractivity contribution is 0.415. The monoisotopic (exact) mass is 377 g/mol. The fraction of sp³-hybridized carbons (Fsp3) is 0.0370. The SMILES string of the molecule is COc1ccc(/C=C/c2ccc(N(c3ccccc3)c3ccccc3)cc2)cc1. The highest BCUT2D eigenvalue weighted by Crippen LogP contribution is 2.34. The van der Waals surface area contributed by atoms with Crippen LogP contribution in [0.15, 0.2) is 109 Å². The molecule has 0 bridgehead atoms. The second-order valence-electron chi connectivity index (χ2n) is 6.70. The Morgan fingerprint density at radius 2 is 0.931 bits per heavy atom. The molecular formula is C27H23NO. The van der Waals surface area contributed by atoms with Crippen molar-refractivity contribution in [2.24, 2.45) is 0 Å². The van der Waals surface area contributed by atoms with E-state index in [0.29, 0.717) is 0 Å². The van der Waals surface area contributed by atoms with Crippen molar-refractivity contribution in [2.75, 3.05) is 12.0 Å². The van der Waals surface area contributed by atoms with Gasteiger partial charge in [0.25, 0.3) is 0 Å². The van der Waals surface area contributed by atoms with Crippen LogP contribution in [0.1, 0.15) is 11.1 Å². The highest BCUT2D eigenvalue weighted by Gasteiger charge is 2.11. The normalized spacial score (nSPS) is 10.8. The van der Waals surface area contributed by atoms with Crippen LogP contribution in [0.4, 0.5) is 17.1 Å². The molecule has 0 saturated heterocycles. The predicted molar refractivity (Wildman–Crippen MR) is 123 cm³/mol. The molecule has 0 aliphatic heterocycles. The lowest BCUT2D eigenvalue weighted by atomic mass is 10.1. The average Bonchev–Trinajstić information content (AvgIpc) is 2.80. The van der Waals surface area contributed by atoms with Gasteiger partial charge in [0.15, 0.2) is 0 Å². The first kappa shape index (κ1) is 18.6. The van der Waals surface area contributed by atoms with E-state index in [-0.39, 0.29) is 0 Å². The average molecular weight is 377 g/mol. The van der Waals surface area contributed by atoms with Crippen LogP contribution in [0.2, 0.25) is 0 Å². The van der Waals surface area contributed by atoms with E-state index in [0.717, 1.165) is 33.9 Å². The fourth-order valence-electron chi connectivity index (χ4n) is 3.24. The van der Waals surface area contributed by atoms with E-state index >= 15 is 0 Å². The molecule has 2 heteroatoms. The van der Waals surface area contributed by atoms with Gasteiger partial charge in [0.1, 0.15) is 5.75 Å². The summed E-state index contributed by atoms with van der Waals surface area (Å²) in [6.45, 7) is 0. The summed E-state index contributed by atoms with van der Waals surface area (Å²) in [6.07, 6.45) is 4.24. The van der Waals surface area contributed by atoms with Crippen molar-refractivity contribution in [3.8, 4) is 5.75 Å². The van der Waals surface area contributed by atoms with Crippen LogP contribution >= 0.6 is 0 Å². The van der Waals surface area contributed by atoms with Gasteiger partial charge >= 0.3 is 0 Å². The number of ether oxygens (including phenoxy) is 1. The van der Waals surface area contributed by atoms with Crippen molar-refractivity contribution in [1.29, 1.82) is 0 Å². The molecule has 0 saturated carbocycles. The van der Waals surface area contributed by atoms with Crippen molar-refractivity contribution in [1.82, 2.24) is 0 Å². The smallest absolute Gasteiger partial charge is 0.118 e. The molecule has 29 heavy (non-hydrogen) atoms. The van der Waals surface area contributed by atoms with Gasteiger partial charge in [-0.15, -0.1) is 0 Å². The van der Waals surface area contributed by atoms with Crippen molar-refractivity contribution in [3.05, 3.63) is 120 Å². The van der Waals surface area contributed by atoms with Gasteiger partial charge in [-0.3, -0.25) is 0 Å². The highest BCUT2D eigenvalue weighted by atomic mass is 16.5. The van der Waals surface area contributed by atoms with Gasteiger partial charge in [-0.1, -0.05) is 72.8 Å². The van der Waals surface area contributed by atoms with Crippen LogP contribution in [0.3, 0.4) is 0 Å². The standard InChI is InChI=1S/C27H23NO/c1-29-27-20-16-23(17-21-27)13-12-22-14-18-26(19-15-22)28(24-8-4-2-5-9-24)25-10-6-3-7-11-25/h2-21H,1H3/b13-12+. The van der Waals surface area contributed by atoms with Crippen LogP contribution in [-0.2, 0) is 0 Å². The third kappa shape index (κ3) is 4.56. The Morgan fingerprint density at radius 3 is 1.38 bits per heavy atom. The topological polar surface area (TPSA) is 12.5 Å². The summed E-state index contributed by atoms with van der Waals surface area (Å²) < 4.78 is 5.21. The molecule has 4 aromatic carbocycles. The first-order chi connectivity index (χ1) is 14.3. The predicted octanol–water partition coefficient (Wildman–Crippen LogP) is 7.34. The molecule has 0 aliphatic carbocycles. The summed E-state index contributed by atoms with van der Waals surface area (Å²) in [4.78, 5) is 2.26. The maximum absolute atomic E-state index is 5.21. The quantitative estimate of drug-likeness (QED) is 0.326. The molecule has 0 aromatic heterocycles. The molecule has 0 N–H and O–H groups in total.